The van der Waals surface area contributed by atoms with Gasteiger partial charge < -0.3 is 0 Å². The number of pyridine rings is 1. The lowest BCUT2D eigenvalue weighted by Gasteiger charge is -2.09. The van der Waals surface area contributed by atoms with Crippen molar-refractivity contribution >= 4 is 40.5 Å². The molecule has 0 unspecified atom stereocenters. The summed E-state index contributed by atoms with van der Waals surface area (Å²) in [6.07, 6.45) is 4.50. The molecule has 38 heavy (non-hydrogen) atoms. The summed E-state index contributed by atoms with van der Waals surface area (Å²) >= 11 is 1.09. The van der Waals surface area contributed by atoms with Crippen molar-refractivity contribution in [1.82, 2.24) is 20.4 Å². The zero-order valence-corrected chi connectivity index (χ0v) is 20.9. The fourth-order valence-corrected chi connectivity index (χ4v) is 4.54. The van der Waals surface area contributed by atoms with Crippen LogP contribution in [0.3, 0.4) is 0 Å². The fourth-order valence-electron chi connectivity index (χ4n) is 3.74. The fraction of sp³-hybridized carbons (Fsp3) is 0.0357. The maximum absolute atomic E-state index is 13.1. The van der Waals surface area contributed by atoms with Crippen molar-refractivity contribution in [3.05, 3.63) is 118 Å². The molecule has 0 aliphatic rings. The van der Waals surface area contributed by atoms with E-state index >= 15 is 0 Å². The second-order valence-corrected chi connectivity index (χ2v) is 9.26. The summed E-state index contributed by atoms with van der Waals surface area (Å²) in [5.74, 6) is -0.420. The Kier molecular flexibility index (Phi) is 7.14. The first-order valence-electron chi connectivity index (χ1n) is 11.5. The van der Waals surface area contributed by atoms with Crippen LogP contribution in [0.25, 0.3) is 22.2 Å². The van der Waals surface area contributed by atoms with Gasteiger partial charge in [0.15, 0.2) is 5.16 Å². The van der Waals surface area contributed by atoms with Gasteiger partial charge in [0.05, 0.1) is 32.8 Å². The van der Waals surface area contributed by atoms with E-state index in [1.165, 1.54) is 12.3 Å². The van der Waals surface area contributed by atoms with Crippen LogP contribution < -0.4 is 5.43 Å². The second-order valence-electron chi connectivity index (χ2n) is 8.26. The number of hydrazone groups is 1. The predicted molar refractivity (Wildman–Crippen MR) is 146 cm³/mol. The number of nitro groups is 1. The van der Waals surface area contributed by atoms with Crippen LogP contribution in [0.5, 0.6) is 0 Å². The van der Waals surface area contributed by atoms with E-state index in [2.05, 4.69) is 20.5 Å². The lowest BCUT2D eigenvalue weighted by Crippen LogP contribution is -2.18. The third-order valence-electron chi connectivity index (χ3n) is 5.61. The van der Waals surface area contributed by atoms with Gasteiger partial charge in [-0.1, -0.05) is 54.1 Å². The maximum atomic E-state index is 13.1. The molecular formula is C28H20N6O3S. The summed E-state index contributed by atoms with van der Waals surface area (Å²) in [4.78, 5) is 37.6. The number of benzene rings is 3. The van der Waals surface area contributed by atoms with Crippen LogP contribution in [0.2, 0.25) is 0 Å². The molecule has 10 heteroatoms. The average Bonchev–Trinajstić information content (AvgIpc) is 2.94. The molecule has 0 radical (unpaired) electrons. The minimum absolute atomic E-state index is 0.111. The number of hydrogen-bond donors (Lipinski definition) is 1. The van der Waals surface area contributed by atoms with Gasteiger partial charge in [-0.3, -0.25) is 14.9 Å². The first-order valence-corrected chi connectivity index (χ1v) is 12.3. The van der Waals surface area contributed by atoms with Gasteiger partial charge in [-0.05, 0) is 43.0 Å². The lowest BCUT2D eigenvalue weighted by molar-refractivity contribution is -0.387. The third kappa shape index (κ3) is 5.55. The molecular weight excluding hydrogens is 500 g/mol. The zero-order valence-electron chi connectivity index (χ0n) is 20.1. The van der Waals surface area contributed by atoms with Gasteiger partial charge in [-0.15, -0.1) is 0 Å². The van der Waals surface area contributed by atoms with E-state index in [1.54, 1.807) is 36.7 Å². The lowest BCUT2D eigenvalue weighted by atomic mass is 10.0. The Labute approximate surface area is 221 Å². The molecule has 0 aliphatic heterocycles. The van der Waals surface area contributed by atoms with Crippen molar-refractivity contribution in [3.8, 4) is 11.3 Å². The Morgan fingerprint density at radius 1 is 1.00 bits per heavy atom. The number of nitrogens with one attached hydrogen (secondary N) is 1. The van der Waals surface area contributed by atoms with Gasteiger partial charge in [0.1, 0.15) is 0 Å². The smallest absolute Gasteiger partial charge is 0.267 e. The van der Waals surface area contributed by atoms with Crippen LogP contribution >= 0.6 is 11.8 Å². The molecule has 5 aromatic rings. The first-order chi connectivity index (χ1) is 18.5. The summed E-state index contributed by atoms with van der Waals surface area (Å²) in [5, 5.41) is 16.8. The highest BCUT2D eigenvalue weighted by Crippen LogP contribution is 2.33. The SMILES string of the molecule is Cc1ccc(-c2cc(C(=O)N/N=C/c3ccc(Sc4ncccn4)c([N+](=O)[O-])c3)c3ccccc3n2)cc1. The standard InChI is InChI=1S/C28H20N6O3S/c1-18-7-10-20(11-8-18)24-16-22(21-5-2-3-6-23(21)32-24)27(35)33-31-17-19-9-12-26(25(15-19)34(36)37)38-28-29-13-4-14-30-28/h2-17H,1H3,(H,33,35)/b31-17+. The van der Waals surface area contributed by atoms with Crippen LogP contribution in [0.4, 0.5) is 5.69 Å². The average molecular weight is 521 g/mol. The zero-order chi connectivity index (χ0) is 26.5. The molecule has 9 nitrogen and oxygen atoms in total. The van der Waals surface area contributed by atoms with E-state index in [-0.39, 0.29) is 5.69 Å². The molecule has 1 N–H and O–H groups in total. The Bertz CT molecular complexity index is 1670. The number of carbonyl (C=O) groups is 1. The Morgan fingerprint density at radius 3 is 2.53 bits per heavy atom. The number of nitrogens with zero attached hydrogens (tertiary/aromatic N) is 5. The molecule has 0 fully saturated rings. The number of nitro benzene ring substituents is 1. The molecule has 0 saturated carbocycles. The van der Waals surface area contributed by atoms with Crippen LogP contribution in [0.1, 0.15) is 21.5 Å². The van der Waals surface area contributed by atoms with Crippen molar-refractivity contribution in [2.75, 3.05) is 0 Å². The number of aromatic nitrogens is 3. The molecule has 1 amide bonds. The van der Waals surface area contributed by atoms with E-state index in [4.69, 9.17) is 4.98 Å². The first kappa shape index (κ1) is 24.7. The van der Waals surface area contributed by atoms with Gasteiger partial charge in [-0.2, -0.15) is 5.10 Å². The topological polar surface area (TPSA) is 123 Å². The molecule has 0 saturated heterocycles. The molecule has 186 valence electrons. The molecule has 3 aromatic carbocycles. The molecule has 0 spiro atoms. The van der Waals surface area contributed by atoms with Crippen molar-refractivity contribution in [2.24, 2.45) is 5.10 Å². The highest BCUT2D eigenvalue weighted by molar-refractivity contribution is 7.99. The van der Waals surface area contributed by atoms with Gasteiger partial charge in [-0.25, -0.2) is 20.4 Å². The monoisotopic (exact) mass is 520 g/mol. The number of fused-ring (bicyclic) bond motifs is 1. The van der Waals surface area contributed by atoms with E-state index in [0.29, 0.717) is 37.8 Å². The molecule has 0 bridgehead atoms. The van der Waals surface area contributed by atoms with Crippen LogP contribution in [-0.4, -0.2) is 32.0 Å². The molecule has 5 rings (SSSR count). The quantitative estimate of drug-likeness (QED) is 0.124. The predicted octanol–water partition coefficient (Wildman–Crippen LogP) is 5.82. The van der Waals surface area contributed by atoms with Crippen LogP contribution in [-0.2, 0) is 0 Å². The van der Waals surface area contributed by atoms with Crippen molar-refractivity contribution < 1.29 is 9.72 Å². The second kappa shape index (κ2) is 11.0. The summed E-state index contributed by atoms with van der Waals surface area (Å²) in [7, 11) is 0. The van der Waals surface area contributed by atoms with E-state index in [1.807, 2.05) is 55.5 Å². The number of aryl methyl sites for hydroxylation is 1. The normalized spacial score (nSPS) is 11.1. The Hall–Kier alpha value is -4.96. The summed E-state index contributed by atoms with van der Waals surface area (Å²) in [5.41, 5.74) is 6.68. The van der Waals surface area contributed by atoms with Gasteiger partial charge in [0.2, 0.25) is 0 Å². The molecule has 2 aromatic heterocycles. The number of carbonyl (C=O) groups excluding carboxylic acids is 1. The third-order valence-corrected chi connectivity index (χ3v) is 6.57. The highest BCUT2D eigenvalue weighted by Gasteiger charge is 2.17. The maximum Gasteiger partial charge on any atom is 0.283 e. The summed E-state index contributed by atoms with van der Waals surface area (Å²) in [6, 6.07) is 23.4. The van der Waals surface area contributed by atoms with Gasteiger partial charge in [0.25, 0.3) is 11.6 Å². The van der Waals surface area contributed by atoms with Crippen LogP contribution in [0.15, 0.2) is 106 Å². The molecule has 0 aliphatic carbocycles. The largest absolute Gasteiger partial charge is 0.283 e. The molecule has 0 atom stereocenters. The molecule has 2 heterocycles. The van der Waals surface area contributed by atoms with E-state index in [0.717, 1.165) is 22.9 Å². The highest BCUT2D eigenvalue weighted by atomic mass is 32.2. The van der Waals surface area contributed by atoms with Gasteiger partial charge in [0, 0.05) is 35.0 Å². The van der Waals surface area contributed by atoms with E-state index in [9.17, 15) is 14.9 Å². The minimum atomic E-state index is -0.475. The number of para-hydroxylation sites is 1. The van der Waals surface area contributed by atoms with Crippen molar-refractivity contribution in [2.45, 2.75) is 17.0 Å². The van der Waals surface area contributed by atoms with E-state index < -0.39 is 10.8 Å². The van der Waals surface area contributed by atoms with Gasteiger partial charge >= 0.3 is 0 Å². The van der Waals surface area contributed by atoms with Crippen LogP contribution in [0, 0.1) is 17.0 Å². The van der Waals surface area contributed by atoms with Crippen molar-refractivity contribution in [3.63, 3.8) is 0 Å². The Balaban J connectivity index is 1.39. The summed E-state index contributed by atoms with van der Waals surface area (Å²) < 4.78 is 0. The van der Waals surface area contributed by atoms with Crippen molar-refractivity contribution in [1.29, 1.82) is 0 Å². The number of hydrogen-bond acceptors (Lipinski definition) is 8. The Morgan fingerprint density at radius 2 is 1.76 bits per heavy atom. The number of rotatable bonds is 7. The summed E-state index contributed by atoms with van der Waals surface area (Å²) in [6.45, 7) is 2.01. The number of amides is 1. The minimum Gasteiger partial charge on any atom is -0.267 e.